The smallest absolute Gasteiger partial charge is 0.341 e. The summed E-state index contributed by atoms with van der Waals surface area (Å²) in [6.07, 6.45) is 7.70. The van der Waals surface area contributed by atoms with Gasteiger partial charge in [0, 0.05) is 43.4 Å². The minimum Gasteiger partial charge on any atom is -0.482 e. The van der Waals surface area contributed by atoms with Gasteiger partial charge in [0.2, 0.25) is 10.0 Å². The van der Waals surface area contributed by atoms with Gasteiger partial charge in [0.05, 0.1) is 0 Å². The zero-order valence-electron chi connectivity index (χ0n) is 19.0. The maximum atomic E-state index is 13.5. The molecule has 0 saturated carbocycles. The average Bonchev–Trinajstić information content (AvgIpc) is 2.89. The molecule has 0 aliphatic rings. The number of benzene rings is 2. The van der Waals surface area contributed by atoms with E-state index >= 15 is 0 Å². The molecule has 1 N–H and O–H groups in total. The highest BCUT2D eigenvalue weighted by molar-refractivity contribution is 7.89. The molecule has 0 unspecified atom stereocenters. The third-order valence-corrected chi connectivity index (χ3v) is 6.87. The zero-order chi connectivity index (χ0) is 24.7. The molecule has 36 heavy (non-hydrogen) atoms. The van der Waals surface area contributed by atoms with Gasteiger partial charge in [0.1, 0.15) is 17.0 Å². The molecule has 0 spiro atoms. The Hall–Kier alpha value is -3.86. The summed E-state index contributed by atoms with van der Waals surface area (Å²) in [6.45, 7) is -0.321. The molecule has 0 aliphatic heterocycles. The molecule has 186 valence electrons. The number of nitrogens with zero attached hydrogens (tertiary/aromatic N) is 4. The van der Waals surface area contributed by atoms with Gasteiger partial charge in [-0.25, -0.2) is 23.2 Å². The van der Waals surface area contributed by atoms with Crippen LogP contribution in [-0.4, -0.2) is 45.4 Å². The molecular formula is C25H23ClN4O5S. The highest BCUT2D eigenvalue weighted by Crippen LogP contribution is 2.24. The summed E-state index contributed by atoms with van der Waals surface area (Å²) in [6, 6.07) is 17.3. The Morgan fingerprint density at radius 2 is 1.58 bits per heavy atom. The molecule has 0 fully saturated rings. The van der Waals surface area contributed by atoms with Crippen LogP contribution in [0.4, 0.5) is 0 Å². The SMILES string of the molecule is Cl.O=C(O)COc1cccc(CN(Cc2ccc(-c3cncnc3)cc2)S(=O)(=O)c2cccnc2)c1. The number of sulfonamides is 1. The Balaban J connectivity index is 0.00000361. The largest absolute Gasteiger partial charge is 0.482 e. The van der Waals surface area contributed by atoms with Crippen LogP contribution < -0.4 is 4.74 Å². The predicted octanol–water partition coefficient (Wildman–Crippen LogP) is 3.81. The van der Waals surface area contributed by atoms with Crippen molar-refractivity contribution in [2.75, 3.05) is 6.61 Å². The molecule has 4 aromatic rings. The van der Waals surface area contributed by atoms with Gasteiger partial charge in [-0.05, 0) is 41.0 Å². The summed E-state index contributed by atoms with van der Waals surface area (Å²) in [5.41, 5.74) is 3.21. The maximum Gasteiger partial charge on any atom is 0.341 e. The number of rotatable bonds is 10. The van der Waals surface area contributed by atoms with Gasteiger partial charge in [-0.15, -0.1) is 12.4 Å². The van der Waals surface area contributed by atoms with Gasteiger partial charge in [0.25, 0.3) is 0 Å². The first-order valence-corrected chi connectivity index (χ1v) is 12.0. The molecule has 4 rings (SSSR count). The average molecular weight is 527 g/mol. The lowest BCUT2D eigenvalue weighted by atomic mass is 10.1. The topological polar surface area (TPSA) is 123 Å². The number of carboxylic acid groups (broad SMARTS) is 1. The molecule has 2 heterocycles. The summed E-state index contributed by atoms with van der Waals surface area (Å²) < 4.78 is 33.6. The third kappa shape index (κ3) is 6.85. The van der Waals surface area contributed by atoms with Crippen molar-refractivity contribution in [1.82, 2.24) is 19.3 Å². The van der Waals surface area contributed by atoms with Gasteiger partial charge in [-0.3, -0.25) is 4.98 Å². The molecule has 9 nitrogen and oxygen atoms in total. The van der Waals surface area contributed by atoms with E-state index < -0.39 is 22.6 Å². The molecule has 0 bridgehead atoms. The Morgan fingerprint density at radius 3 is 2.25 bits per heavy atom. The standard InChI is InChI=1S/C25H22N4O5S.ClH/c30-25(31)17-34-23-4-1-3-20(11-23)16-29(35(32,33)24-5-2-10-26-14-24)15-19-6-8-21(9-7-19)22-12-27-18-28-13-22;/h1-14,18H,15-17H2,(H,30,31);1H. The van der Waals surface area contributed by atoms with E-state index in [-0.39, 0.29) is 30.4 Å². The van der Waals surface area contributed by atoms with E-state index in [1.54, 1.807) is 42.7 Å². The highest BCUT2D eigenvalue weighted by Gasteiger charge is 2.25. The van der Waals surface area contributed by atoms with Gasteiger partial charge in [0.15, 0.2) is 6.61 Å². The van der Waals surface area contributed by atoms with Crippen molar-refractivity contribution in [2.24, 2.45) is 0 Å². The van der Waals surface area contributed by atoms with Gasteiger partial charge in [-0.2, -0.15) is 4.31 Å². The van der Waals surface area contributed by atoms with Crippen molar-refractivity contribution in [2.45, 2.75) is 18.0 Å². The van der Waals surface area contributed by atoms with Crippen LogP contribution in [0.3, 0.4) is 0 Å². The lowest BCUT2D eigenvalue weighted by Gasteiger charge is -2.23. The first-order valence-electron chi connectivity index (χ1n) is 10.6. The van der Waals surface area contributed by atoms with Crippen LogP contribution in [0.25, 0.3) is 11.1 Å². The van der Waals surface area contributed by atoms with Crippen LogP contribution in [0.2, 0.25) is 0 Å². The molecule has 0 radical (unpaired) electrons. The van der Waals surface area contributed by atoms with Crippen LogP contribution >= 0.6 is 12.4 Å². The summed E-state index contributed by atoms with van der Waals surface area (Å²) in [5.74, 6) is -0.750. The van der Waals surface area contributed by atoms with Gasteiger partial charge < -0.3 is 9.84 Å². The molecule has 0 atom stereocenters. The number of pyridine rings is 1. The zero-order valence-corrected chi connectivity index (χ0v) is 20.6. The number of hydrogen-bond acceptors (Lipinski definition) is 7. The minimum atomic E-state index is -3.88. The van der Waals surface area contributed by atoms with Crippen molar-refractivity contribution in [3.63, 3.8) is 0 Å². The molecular weight excluding hydrogens is 504 g/mol. The van der Waals surface area contributed by atoms with Gasteiger partial charge >= 0.3 is 5.97 Å². The van der Waals surface area contributed by atoms with Crippen molar-refractivity contribution < 1.29 is 23.1 Å². The second-order valence-corrected chi connectivity index (χ2v) is 9.55. The second-order valence-electron chi connectivity index (χ2n) is 7.62. The Bertz CT molecular complexity index is 1390. The fraction of sp³-hybridized carbons (Fsp3) is 0.120. The van der Waals surface area contributed by atoms with E-state index in [2.05, 4.69) is 15.0 Å². The number of hydrogen-bond donors (Lipinski definition) is 1. The van der Waals surface area contributed by atoms with Gasteiger partial charge in [-0.1, -0.05) is 36.4 Å². The number of ether oxygens (including phenoxy) is 1. The second kappa shape index (κ2) is 12.2. The fourth-order valence-corrected chi connectivity index (χ4v) is 4.79. The summed E-state index contributed by atoms with van der Waals surface area (Å²) in [4.78, 5) is 22.9. The van der Waals surface area contributed by atoms with Crippen LogP contribution in [0.15, 0.2) is 96.7 Å². The summed E-state index contributed by atoms with van der Waals surface area (Å²) in [5, 5.41) is 8.85. The number of aliphatic carboxylic acids is 1. The highest BCUT2D eigenvalue weighted by atomic mass is 35.5. The van der Waals surface area contributed by atoms with Crippen LogP contribution in [0.5, 0.6) is 5.75 Å². The van der Waals surface area contributed by atoms with E-state index in [1.807, 2.05) is 24.3 Å². The molecule has 2 aromatic heterocycles. The number of halogens is 1. The minimum absolute atomic E-state index is 0. The fourth-order valence-electron chi connectivity index (χ4n) is 3.41. The van der Waals surface area contributed by atoms with Crippen molar-refractivity contribution in [1.29, 1.82) is 0 Å². The normalized spacial score (nSPS) is 11.0. The molecule has 11 heteroatoms. The lowest BCUT2D eigenvalue weighted by molar-refractivity contribution is -0.139. The van der Waals surface area contributed by atoms with E-state index in [4.69, 9.17) is 9.84 Å². The maximum absolute atomic E-state index is 13.5. The van der Waals surface area contributed by atoms with E-state index in [1.165, 1.54) is 29.1 Å². The number of carbonyl (C=O) groups is 1. The van der Waals surface area contributed by atoms with Crippen LogP contribution in [0, 0.1) is 0 Å². The third-order valence-electron chi connectivity index (χ3n) is 5.10. The summed E-state index contributed by atoms with van der Waals surface area (Å²) >= 11 is 0. The predicted molar refractivity (Wildman–Crippen MR) is 135 cm³/mol. The van der Waals surface area contributed by atoms with Crippen molar-refractivity contribution >= 4 is 28.4 Å². The molecule has 0 saturated heterocycles. The molecule has 2 aromatic carbocycles. The monoisotopic (exact) mass is 526 g/mol. The van der Waals surface area contributed by atoms with Crippen LogP contribution in [-0.2, 0) is 27.9 Å². The Kier molecular flexibility index (Phi) is 9.07. The first kappa shape index (κ1) is 26.7. The van der Waals surface area contributed by atoms with E-state index in [0.717, 1.165) is 16.7 Å². The van der Waals surface area contributed by atoms with E-state index in [0.29, 0.717) is 11.3 Å². The lowest BCUT2D eigenvalue weighted by Crippen LogP contribution is -2.30. The van der Waals surface area contributed by atoms with Crippen LogP contribution in [0.1, 0.15) is 11.1 Å². The van der Waals surface area contributed by atoms with Crippen molar-refractivity contribution in [3.05, 3.63) is 103 Å². The van der Waals surface area contributed by atoms with E-state index in [9.17, 15) is 13.2 Å². The molecule has 0 aliphatic carbocycles. The molecule has 0 amide bonds. The van der Waals surface area contributed by atoms with Crippen molar-refractivity contribution in [3.8, 4) is 16.9 Å². The Morgan fingerprint density at radius 1 is 0.861 bits per heavy atom. The number of carboxylic acids is 1. The first-order chi connectivity index (χ1) is 16.9. The quantitative estimate of drug-likeness (QED) is 0.331. The summed E-state index contributed by atoms with van der Waals surface area (Å²) in [7, 11) is -3.88. The number of aromatic nitrogens is 3. The Labute approximate surface area is 214 Å².